The average molecular weight is 287 g/mol. The Morgan fingerprint density at radius 1 is 1.14 bits per heavy atom. The predicted molar refractivity (Wildman–Crippen MR) is 83.2 cm³/mol. The van der Waals surface area contributed by atoms with E-state index >= 15 is 0 Å². The van der Waals surface area contributed by atoms with E-state index in [0.717, 1.165) is 5.56 Å². The van der Waals surface area contributed by atoms with Gasteiger partial charge in [-0.2, -0.15) is 0 Å². The minimum Gasteiger partial charge on any atom is -0.468 e. The Balaban J connectivity index is 1.82. The summed E-state index contributed by atoms with van der Waals surface area (Å²) in [6.07, 6.45) is 8.66. The number of nitrogens with one attached hydrogen (secondary N) is 1. The van der Waals surface area contributed by atoms with Crippen molar-refractivity contribution in [2.45, 2.75) is 62.9 Å². The van der Waals surface area contributed by atoms with Crippen molar-refractivity contribution >= 4 is 5.97 Å². The summed E-state index contributed by atoms with van der Waals surface area (Å²) in [6.45, 7) is 0. The van der Waals surface area contributed by atoms with Gasteiger partial charge in [0.05, 0.1) is 7.11 Å². The second-order valence-electron chi connectivity index (χ2n) is 6.36. The molecule has 3 rings (SSSR count). The molecular weight excluding hydrogens is 262 g/mol. The summed E-state index contributed by atoms with van der Waals surface area (Å²) >= 11 is 0. The summed E-state index contributed by atoms with van der Waals surface area (Å²) in [4.78, 5) is 12.3. The lowest BCUT2D eigenvalue weighted by molar-refractivity contribution is -0.143. The van der Waals surface area contributed by atoms with E-state index in [1.807, 2.05) is 6.07 Å². The van der Waals surface area contributed by atoms with Gasteiger partial charge in [-0.1, -0.05) is 43.5 Å². The van der Waals surface area contributed by atoms with Crippen LogP contribution in [0.3, 0.4) is 0 Å². The standard InChI is InChI=1S/C18H25NO2/c1-21-18(20)17(19-14-7-3-2-4-8-14)16-10-6-5-9-15(16)13-11-12-13/h5-6,9-10,13-14,17,19H,2-4,7-8,11-12H2,1H3. The molecule has 0 aliphatic heterocycles. The first kappa shape index (κ1) is 14.6. The molecular formula is C18H25NO2. The first-order chi connectivity index (χ1) is 10.3. The van der Waals surface area contributed by atoms with Crippen molar-refractivity contribution in [1.82, 2.24) is 5.32 Å². The number of hydrogen-bond donors (Lipinski definition) is 1. The Hall–Kier alpha value is -1.35. The molecule has 0 spiro atoms. The third kappa shape index (κ3) is 3.46. The Labute approximate surface area is 127 Å². The molecule has 0 radical (unpaired) electrons. The van der Waals surface area contributed by atoms with Gasteiger partial charge in [-0.3, -0.25) is 5.32 Å². The van der Waals surface area contributed by atoms with E-state index in [2.05, 4.69) is 23.5 Å². The summed E-state index contributed by atoms with van der Waals surface area (Å²) in [6, 6.07) is 8.49. The topological polar surface area (TPSA) is 38.3 Å². The van der Waals surface area contributed by atoms with Crippen molar-refractivity contribution in [3.8, 4) is 0 Å². The zero-order chi connectivity index (χ0) is 14.7. The van der Waals surface area contributed by atoms with E-state index < -0.39 is 0 Å². The first-order valence-corrected chi connectivity index (χ1v) is 8.22. The van der Waals surface area contributed by atoms with E-state index in [-0.39, 0.29) is 12.0 Å². The Morgan fingerprint density at radius 2 is 1.86 bits per heavy atom. The van der Waals surface area contributed by atoms with Gasteiger partial charge in [0.1, 0.15) is 6.04 Å². The zero-order valence-corrected chi connectivity index (χ0v) is 12.8. The van der Waals surface area contributed by atoms with E-state index in [9.17, 15) is 4.79 Å². The summed E-state index contributed by atoms with van der Waals surface area (Å²) < 4.78 is 5.06. The number of ether oxygens (including phenoxy) is 1. The van der Waals surface area contributed by atoms with Gasteiger partial charge in [0.15, 0.2) is 0 Å². The van der Waals surface area contributed by atoms with Gasteiger partial charge in [0.25, 0.3) is 0 Å². The third-order valence-corrected chi connectivity index (χ3v) is 4.77. The van der Waals surface area contributed by atoms with Crippen molar-refractivity contribution in [2.75, 3.05) is 7.11 Å². The van der Waals surface area contributed by atoms with Gasteiger partial charge in [-0.15, -0.1) is 0 Å². The lowest BCUT2D eigenvalue weighted by Crippen LogP contribution is -2.39. The zero-order valence-electron chi connectivity index (χ0n) is 12.8. The molecule has 3 nitrogen and oxygen atoms in total. The molecule has 1 aromatic rings. The maximum Gasteiger partial charge on any atom is 0.327 e. The van der Waals surface area contributed by atoms with E-state index in [0.29, 0.717) is 12.0 Å². The highest BCUT2D eigenvalue weighted by Gasteiger charge is 2.32. The van der Waals surface area contributed by atoms with Crippen molar-refractivity contribution in [3.63, 3.8) is 0 Å². The maximum atomic E-state index is 12.3. The summed E-state index contributed by atoms with van der Waals surface area (Å²) in [7, 11) is 1.48. The number of rotatable bonds is 5. The third-order valence-electron chi connectivity index (χ3n) is 4.77. The second-order valence-corrected chi connectivity index (χ2v) is 6.36. The quantitative estimate of drug-likeness (QED) is 0.839. The normalized spacial score (nSPS) is 21.0. The molecule has 1 N–H and O–H groups in total. The summed E-state index contributed by atoms with van der Waals surface area (Å²) in [5.41, 5.74) is 2.45. The van der Waals surface area contributed by atoms with Crippen molar-refractivity contribution < 1.29 is 9.53 Å². The number of hydrogen-bond acceptors (Lipinski definition) is 3. The highest BCUT2D eigenvalue weighted by molar-refractivity contribution is 5.78. The molecule has 3 heteroatoms. The predicted octanol–water partition coefficient (Wildman–Crippen LogP) is 3.70. The number of methoxy groups -OCH3 is 1. The Kier molecular flexibility index (Phi) is 4.59. The Bertz CT molecular complexity index is 490. The molecule has 21 heavy (non-hydrogen) atoms. The van der Waals surface area contributed by atoms with Crippen molar-refractivity contribution in [1.29, 1.82) is 0 Å². The molecule has 1 unspecified atom stereocenters. The number of carbonyl (C=O) groups excluding carboxylic acids is 1. The van der Waals surface area contributed by atoms with E-state index in [4.69, 9.17) is 4.74 Å². The van der Waals surface area contributed by atoms with Crippen LogP contribution in [0.4, 0.5) is 0 Å². The molecule has 114 valence electrons. The van der Waals surface area contributed by atoms with Crippen LogP contribution in [0.2, 0.25) is 0 Å². The fraction of sp³-hybridized carbons (Fsp3) is 0.611. The molecule has 0 saturated heterocycles. The van der Waals surface area contributed by atoms with Gasteiger partial charge in [0.2, 0.25) is 0 Å². The van der Waals surface area contributed by atoms with Gasteiger partial charge >= 0.3 is 5.97 Å². The Morgan fingerprint density at radius 3 is 2.52 bits per heavy atom. The van der Waals surface area contributed by atoms with Crippen LogP contribution < -0.4 is 5.32 Å². The monoisotopic (exact) mass is 287 g/mol. The SMILES string of the molecule is COC(=O)C(NC1CCCCC1)c1ccccc1C1CC1. The van der Waals surface area contributed by atoms with Crippen molar-refractivity contribution in [2.24, 2.45) is 0 Å². The van der Waals surface area contributed by atoms with Gasteiger partial charge in [-0.25, -0.2) is 4.79 Å². The van der Waals surface area contributed by atoms with Crippen molar-refractivity contribution in [3.05, 3.63) is 35.4 Å². The fourth-order valence-corrected chi connectivity index (χ4v) is 3.45. The highest BCUT2D eigenvalue weighted by atomic mass is 16.5. The number of benzene rings is 1. The van der Waals surface area contributed by atoms with Crippen LogP contribution in [0.15, 0.2) is 24.3 Å². The van der Waals surface area contributed by atoms with Crippen LogP contribution in [0.1, 0.15) is 68.0 Å². The summed E-state index contributed by atoms with van der Waals surface area (Å²) in [5, 5.41) is 3.57. The number of carbonyl (C=O) groups is 1. The minimum atomic E-state index is -0.310. The van der Waals surface area contributed by atoms with Crippen LogP contribution in [0.25, 0.3) is 0 Å². The second kappa shape index (κ2) is 6.61. The highest BCUT2D eigenvalue weighted by Crippen LogP contribution is 2.43. The first-order valence-electron chi connectivity index (χ1n) is 8.22. The molecule has 1 aromatic carbocycles. The van der Waals surface area contributed by atoms with E-state index in [1.54, 1.807) is 0 Å². The molecule has 1 atom stereocenters. The molecule has 2 fully saturated rings. The molecule has 0 heterocycles. The lowest BCUT2D eigenvalue weighted by atomic mass is 9.92. The molecule has 2 saturated carbocycles. The van der Waals surface area contributed by atoms with Crippen LogP contribution in [-0.2, 0) is 9.53 Å². The molecule has 0 amide bonds. The van der Waals surface area contributed by atoms with Gasteiger partial charge in [-0.05, 0) is 42.7 Å². The molecule has 2 aliphatic carbocycles. The van der Waals surface area contributed by atoms with Gasteiger partial charge < -0.3 is 4.74 Å². The fourth-order valence-electron chi connectivity index (χ4n) is 3.45. The molecule has 2 aliphatic rings. The van der Waals surface area contributed by atoms with Crippen LogP contribution in [-0.4, -0.2) is 19.1 Å². The maximum absolute atomic E-state index is 12.3. The molecule has 0 aromatic heterocycles. The minimum absolute atomic E-state index is 0.159. The average Bonchev–Trinajstić information content (AvgIpc) is 3.38. The lowest BCUT2D eigenvalue weighted by Gasteiger charge is -2.28. The smallest absolute Gasteiger partial charge is 0.327 e. The number of esters is 1. The van der Waals surface area contributed by atoms with E-state index in [1.165, 1.54) is 57.6 Å². The van der Waals surface area contributed by atoms with Crippen LogP contribution in [0, 0.1) is 0 Å². The largest absolute Gasteiger partial charge is 0.468 e. The summed E-state index contributed by atoms with van der Waals surface area (Å²) in [5.74, 6) is 0.482. The van der Waals surface area contributed by atoms with Gasteiger partial charge in [0, 0.05) is 6.04 Å². The van der Waals surface area contributed by atoms with Crippen LogP contribution in [0.5, 0.6) is 0 Å². The van der Waals surface area contributed by atoms with Crippen LogP contribution >= 0.6 is 0 Å². The molecule has 0 bridgehead atoms.